The molecule has 0 spiro atoms. The van der Waals surface area contributed by atoms with Crippen molar-refractivity contribution in [2.75, 3.05) is 7.11 Å². The van der Waals surface area contributed by atoms with Crippen molar-refractivity contribution in [2.45, 2.75) is 9.79 Å². The van der Waals surface area contributed by atoms with Crippen LogP contribution in [0.4, 0.5) is 0 Å². The van der Waals surface area contributed by atoms with E-state index in [-0.39, 0.29) is 5.56 Å². The molecule has 2 aromatic carbocycles. The number of methoxy groups -OCH3 is 1. The minimum atomic E-state index is -1.02. The molecule has 0 aliphatic rings. The van der Waals surface area contributed by atoms with Crippen LogP contribution < -0.4 is 4.74 Å². The third-order valence-electron chi connectivity index (χ3n) is 2.62. The fraction of sp³-hybridized carbons (Fsp3) is 0.0667. The number of nitrogens with zero attached hydrogens (tertiary/aromatic N) is 1. The molecule has 0 saturated carbocycles. The highest BCUT2D eigenvalue weighted by molar-refractivity contribution is 7.99. The highest BCUT2D eigenvalue weighted by atomic mass is 32.2. The average Bonchev–Trinajstić information content (AvgIpc) is 2.48. The lowest BCUT2D eigenvalue weighted by molar-refractivity contribution is 0.0693. The average molecular weight is 285 g/mol. The van der Waals surface area contributed by atoms with Crippen molar-refractivity contribution in [1.29, 1.82) is 5.26 Å². The van der Waals surface area contributed by atoms with Crippen molar-refractivity contribution in [3.05, 3.63) is 53.6 Å². The summed E-state index contributed by atoms with van der Waals surface area (Å²) in [5.41, 5.74) is 0.724. The van der Waals surface area contributed by atoms with Crippen LogP contribution in [-0.4, -0.2) is 18.2 Å². The van der Waals surface area contributed by atoms with Gasteiger partial charge in [0.05, 0.1) is 18.7 Å². The molecule has 0 aromatic heterocycles. The Bertz CT molecular complexity index is 675. The van der Waals surface area contributed by atoms with Crippen molar-refractivity contribution in [3.8, 4) is 11.8 Å². The molecule has 0 aliphatic heterocycles. The van der Waals surface area contributed by atoms with Crippen molar-refractivity contribution < 1.29 is 14.6 Å². The number of aromatic carboxylic acids is 1. The Kier molecular flexibility index (Phi) is 4.28. The van der Waals surface area contributed by atoms with Crippen molar-refractivity contribution in [3.63, 3.8) is 0 Å². The molecule has 0 amide bonds. The number of hydrogen-bond acceptors (Lipinski definition) is 4. The van der Waals surface area contributed by atoms with Gasteiger partial charge in [0.2, 0.25) is 0 Å². The Morgan fingerprint density at radius 2 is 1.85 bits per heavy atom. The molecule has 1 N–H and O–H groups in total. The van der Waals surface area contributed by atoms with E-state index < -0.39 is 5.97 Å². The van der Waals surface area contributed by atoms with E-state index in [0.717, 1.165) is 9.79 Å². The van der Waals surface area contributed by atoms with Crippen LogP contribution >= 0.6 is 11.8 Å². The summed E-state index contributed by atoms with van der Waals surface area (Å²) in [5.74, 6) is -0.689. The van der Waals surface area contributed by atoms with E-state index in [1.807, 2.05) is 12.1 Å². The summed E-state index contributed by atoms with van der Waals surface area (Å²) in [6.45, 7) is 0. The molecule has 100 valence electrons. The van der Waals surface area contributed by atoms with Gasteiger partial charge < -0.3 is 9.84 Å². The zero-order valence-electron chi connectivity index (χ0n) is 10.7. The maximum Gasteiger partial charge on any atom is 0.339 e. The van der Waals surface area contributed by atoms with Crippen LogP contribution in [0.1, 0.15) is 15.9 Å². The third-order valence-corrected chi connectivity index (χ3v) is 3.62. The number of benzene rings is 2. The lowest BCUT2D eigenvalue weighted by Crippen LogP contribution is -2.00. The first kappa shape index (κ1) is 14.0. The molecule has 2 aromatic rings. The first-order valence-electron chi connectivity index (χ1n) is 5.73. The number of carboxylic acid groups (broad SMARTS) is 1. The van der Waals surface area contributed by atoms with Crippen LogP contribution in [-0.2, 0) is 0 Å². The van der Waals surface area contributed by atoms with Crippen LogP contribution in [0.5, 0.6) is 5.75 Å². The standard InChI is InChI=1S/C15H11NO3S/c1-19-14-7-6-12(8-13(14)15(17)18)20-11-4-2-10(9-16)3-5-11/h2-8H,1H3,(H,17,18). The van der Waals surface area contributed by atoms with E-state index in [0.29, 0.717) is 11.3 Å². The largest absolute Gasteiger partial charge is 0.496 e. The summed E-state index contributed by atoms with van der Waals surface area (Å²) in [4.78, 5) is 12.9. The van der Waals surface area contributed by atoms with Gasteiger partial charge in [-0.15, -0.1) is 0 Å². The number of hydrogen-bond donors (Lipinski definition) is 1. The summed E-state index contributed by atoms with van der Waals surface area (Å²) < 4.78 is 5.02. The van der Waals surface area contributed by atoms with E-state index >= 15 is 0 Å². The first-order chi connectivity index (χ1) is 9.63. The number of nitriles is 1. The van der Waals surface area contributed by atoms with E-state index in [1.54, 1.807) is 30.3 Å². The SMILES string of the molecule is COc1ccc(Sc2ccc(C#N)cc2)cc1C(=O)O. The molecule has 5 heteroatoms. The van der Waals surface area contributed by atoms with Gasteiger partial charge in [-0.05, 0) is 42.5 Å². The third kappa shape index (κ3) is 3.11. The molecule has 0 radical (unpaired) electrons. The van der Waals surface area contributed by atoms with E-state index in [4.69, 9.17) is 15.1 Å². The van der Waals surface area contributed by atoms with Gasteiger partial charge in [-0.1, -0.05) is 11.8 Å². The number of rotatable bonds is 4. The van der Waals surface area contributed by atoms with Gasteiger partial charge in [0, 0.05) is 9.79 Å². The van der Waals surface area contributed by atoms with Crippen LogP contribution in [0, 0.1) is 11.3 Å². The molecule has 0 atom stereocenters. The van der Waals surface area contributed by atoms with Gasteiger partial charge in [0.1, 0.15) is 11.3 Å². The summed E-state index contributed by atoms with van der Waals surface area (Å²) >= 11 is 1.43. The Hall–Kier alpha value is -2.45. The van der Waals surface area contributed by atoms with E-state index in [2.05, 4.69) is 6.07 Å². The lowest BCUT2D eigenvalue weighted by atomic mass is 10.2. The molecule has 4 nitrogen and oxygen atoms in total. The number of carboxylic acids is 1. The van der Waals surface area contributed by atoms with Gasteiger partial charge in [-0.2, -0.15) is 5.26 Å². The van der Waals surface area contributed by atoms with Gasteiger partial charge in [-0.25, -0.2) is 4.79 Å². The quantitative estimate of drug-likeness (QED) is 0.932. The maximum atomic E-state index is 11.1. The fourth-order valence-electron chi connectivity index (χ4n) is 1.65. The van der Waals surface area contributed by atoms with Crippen LogP contribution in [0.15, 0.2) is 52.3 Å². The fourth-order valence-corrected chi connectivity index (χ4v) is 2.51. The van der Waals surface area contributed by atoms with Crippen LogP contribution in [0.25, 0.3) is 0 Å². The Morgan fingerprint density at radius 1 is 1.20 bits per heavy atom. The predicted molar refractivity (Wildman–Crippen MR) is 75.2 cm³/mol. The van der Waals surface area contributed by atoms with Gasteiger partial charge in [-0.3, -0.25) is 0 Å². The highest BCUT2D eigenvalue weighted by Gasteiger charge is 2.12. The smallest absolute Gasteiger partial charge is 0.339 e. The lowest BCUT2D eigenvalue weighted by Gasteiger charge is -2.07. The van der Waals surface area contributed by atoms with Gasteiger partial charge >= 0.3 is 5.97 Å². The predicted octanol–water partition coefficient (Wildman–Crippen LogP) is 3.42. The first-order valence-corrected chi connectivity index (χ1v) is 6.55. The van der Waals surface area contributed by atoms with E-state index in [1.165, 1.54) is 18.9 Å². The van der Waals surface area contributed by atoms with Gasteiger partial charge in [0.25, 0.3) is 0 Å². The second kappa shape index (κ2) is 6.13. The minimum absolute atomic E-state index is 0.131. The molecule has 20 heavy (non-hydrogen) atoms. The molecular formula is C15H11NO3S. The Morgan fingerprint density at radius 3 is 2.40 bits per heavy atom. The van der Waals surface area contributed by atoms with Gasteiger partial charge in [0.15, 0.2) is 0 Å². The molecule has 2 rings (SSSR count). The molecule has 0 unspecified atom stereocenters. The topological polar surface area (TPSA) is 70.3 Å². The Balaban J connectivity index is 2.27. The van der Waals surface area contributed by atoms with Crippen LogP contribution in [0.3, 0.4) is 0 Å². The molecule has 0 aliphatic carbocycles. The van der Waals surface area contributed by atoms with Crippen molar-refractivity contribution in [2.24, 2.45) is 0 Å². The minimum Gasteiger partial charge on any atom is -0.496 e. The normalized spacial score (nSPS) is 9.80. The second-order valence-corrected chi connectivity index (χ2v) is 5.05. The Labute approximate surface area is 120 Å². The molecular weight excluding hydrogens is 274 g/mol. The molecule has 0 fully saturated rings. The summed E-state index contributed by atoms with van der Waals surface area (Å²) in [5, 5.41) is 17.9. The zero-order chi connectivity index (χ0) is 14.5. The summed E-state index contributed by atoms with van der Waals surface area (Å²) in [7, 11) is 1.44. The van der Waals surface area contributed by atoms with Crippen molar-refractivity contribution in [1.82, 2.24) is 0 Å². The molecule has 0 heterocycles. The number of ether oxygens (including phenoxy) is 1. The second-order valence-electron chi connectivity index (χ2n) is 3.91. The summed E-state index contributed by atoms with van der Waals surface area (Å²) in [6.07, 6.45) is 0. The van der Waals surface area contributed by atoms with Crippen LogP contribution in [0.2, 0.25) is 0 Å². The number of carbonyl (C=O) groups is 1. The molecule has 0 saturated heterocycles. The maximum absolute atomic E-state index is 11.1. The van der Waals surface area contributed by atoms with Crippen molar-refractivity contribution >= 4 is 17.7 Å². The molecule has 0 bridgehead atoms. The van der Waals surface area contributed by atoms with E-state index in [9.17, 15) is 4.79 Å². The summed E-state index contributed by atoms with van der Waals surface area (Å²) in [6, 6.07) is 14.2. The monoisotopic (exact) mass is 285 g/mol. The highest BCUT2D eigenvalue weighted by Crippen LogP contribution is 2.31. The zero-order valence-corrected chi connectivity index (χ0v) is 11.5.